The minimum atomic E-state index is -3.77. The number of hydrogen-bond acceptors (Lipinski definition) is 6. The third-order valence-electron chi connectivity index (χ3n) is 3.99. The molecule has 1 N–H and O–H groups in total. The highest BCUT2D eigenvalue weighted by molar-refractivity contribution is 7.92. The number of nitrogens with zero attached hydrogens (tertiary/aromatic N) is 2. The molecule has 1 heterocycles. The maximum Gasteiger partial charge on any atom is 0.306 e. The number of rotatable bonds is 8. The molecule has 0 aliphatic rings. The molecule has 1 aromatic carbocycles. The normalized spacial score (nSPS) is 11.6. The molecule has 0 saturated carbocycles. The van der Waals surface area contributed by atoms with Crippen LogP contribution in [-0.4, -0.2) is 49.4 Å². The molecule has 30 heavy (non-hydrogen) atoms. The molecular formula is C21H27N3O5S. The second-order valence-electron chi connectivity index (χ2n) is 7.78. The number of ether oxygens (including phenoxy) is 1. The van der Waals surface area contributed by atoms with Gasteiger partial charge in [0.1, 0.15) is 5.60 Å². The van der Waals surface area contributed by atoms with Gasteiger partial charge in [-0.25, -0.2) is 8.42 Å². The Balaban J connectivity index is 1.93. The summed E-state index contributed by atoms with van der Waals surface area (Å²) in [5, 5.41) is 0. The van der Waals surface area contributed by atoms with Crippen molar-refractivity contribution in [1.29, 1.82) is 0 Å². The highest BCUT2D eigenvalue weighted by Gasteiger charge is 2.18. The smallest absolute Gasteiger partial charge is 0.306 e. The van der Waals surface area contributed by atoms with Crippen LogP contribution in [0.5, 0.6) is 0 Å². The van der Waals surface area contributed by atoms with Crippen molar-refractivity contribution in [2.24, 2.45) is 0 Å². The van der Waals surface area contributed by atoms with Gasteiger partial charge in [0.25, 0.3) is 15.9 Å². The minimum Gasteiger partial charge on any atom is -0.460 e. The quantitative estimate of drug-likeness (QED) is 0.642. The molecule has 8 nitrogen and oxygen atoms in total. The number of pyridine rings is 1. The molecule has 0 atom stereocenters. The summed E-state index contributed by atoms with van der Waals surface area (Å²) in [6, 6.07) is 8.78. The predicted octanol–water partition coefficient (Wildman–Crippen LogP) is 3.08. The lowest BCUT2D eigenvalue weighted by Crippen LogP contribution is -2.29. The van der Waals surface area contributed by atoms with E-state index in [9.17, 15) is 18.0 Å². The molecule has 0 bridgehead atoms. The van der Waals surface area contributed by atoms with Gasteiger partial charge in [-0.15, -0.1) is 0 Å². The van der Waals surface area contributed by atoms with Crippen LogP contribution in [0, 0.1) is 0 Å². The lowest BCUT2D eigenvalue weighted by atomic mass is 10.2. The van der Waals surface area contributed by atoms with E-state index in [-0.39, 0.29) is 23.2 Å². The fourth-order valence-electron chi connectivity index (χ4n) is 2.59. The summed E-state index contributed by atoms with van der Waals surface area (Å²) >= 11 is 0. The molecule has 1 amide bonds. The van der Waals surface area contributed by atoms with Gasteiger partial charge in [0.05, 0.1) is 10.6 Å². The van der Waals surface area contributed by atoms with Crippen LogP contribution in [-0.2, 0) is 19.6 Å². The molecule has 0 unspecified atom stereocenters. The lowest BCUT2D eigenvalue weighted by Gasteiger charge is -2.20. The van der Waals surface area contributed by atoms with E-state index in [4.69, 9.17) is 4.74 Å². The molecule has 1 aromatic heterocycles. The third kappa shape index (κ3) is 7.14. The fourth-order valence-corrected chi connectivity index (χ4v) is 3.64. The van der Waals surface area contributed by atoms with Gasteiger partial charge in [0.2, 0.25) is 0 Å². The van der Waals surface area contributed by atoms with Gasteiger partial charge in [-0.2, -0.15) is 0 Å². The molecule has 2 rings (SSSR count). The number of nitrogens with one attached hydrogen (secondary N) is 1. The van der Waals surface area contributed by atoms with Gasteiger partial charge in [-0.1, -0.05) is 0 Å². The SMILES string of the molecule is CN(CCCC(=O)OC(C)(C)C)C(=O)c1ccc(S(=O)(=O)Nc2ccncc2)cc1. The summed E-state index contributed by atoms with van der Waals surface area (Å²) in [5.74, 6) is -0.565. The molecule has 9 heteroatoms. The monoisotopic (exact) mass is 433 g/mol. The van der Waals surface area contributed by atoms with Crippen LogP contribution in [0.2, 0.25) is 0 Å². The van der Waals surface area contributed by atoms with Gasteiger partial charge in [-0.3, -0.25) is 19.3 Å². The van der Waals surface area contributed by atoms with Gasteiger partial charge >= 0.3 is 5.97 Å². The van der Waals surface area contributed by atoms with Gasteiger partial charge < -0.3 is 9.64 Å². The van der Waals surface area contributed by atoms with Crippen molar-refractivity contribution >= 4 is 27.6 Å². The molecule has 0 fully saturated rings. The Kier molecular flexibility index (Phi) is 7.55. The first kappa shape index (κ1) is 23.3. The first-order valence-electron chi connectivity index (χ1n) is 9.48. The summed E-state index contributed by atoms with van der Waals surface area (Å²) in [4.78, 5) is 29.7. The molecule has 0 saturated heterocycles. The number of sulfonamides is 1. The molecule has 0 aliphatic heterocycles. The predicted molar refractivity (Wildman–Crippen MR) is 114 cm³/mol. The van der Waals surface area contributed by atoms with Crippen molar-refractivity contribution in [3.63, 3.8) is 0 Å². The Morgan fingerprint density at radius 1 is 1.07 bits per heavy atom. The van der Waals surface area contributed by atoms with Crippen LogP contribution in [0.15, 0.2) is 53.7 Å². The van der Waals surface area contributed by atoms with E-state index in [1.807, 2.05) is 0 Å². The van der Waals surface area contributed by atoms with Crippen molar-refractivity contribution in [1.82, 2.24) is 9.88 Å². The van der Waals surface area contributed by atoms with Crippen LogP contribution < -0.4 is 4.72 Å². The Morgan fingerprint density at radius 2 is 1.67 bits per heavy atom. The number of amides is 1. The first-order valence-corrected chi connectivity index (χ1v) is 11.0. The highest BCUT2D eigenvalue weighted by atomic mass is 32.2. The number of carbonyl (C=O) groups excluding carboxylic acids is 2. The van der Waals surface area contributed by atoms with Crippen molar-refractivity contribution in [2.75, 3.05) is 18.3 Å². The summed E-state index contributed by atoms with van der Waals surface area (Å²) in [7, 11) is -2.14. The largest absolute Gasteiger partial charge is 0.460 e. The molecular weight excluding hydrogens is 406 g/mol. The Hall–Kier alpha value is -2.94. The van der Waals surface area contributed by atoms with E-state index in [1.54, 1.807) is 40.0 Å². The van der Waals surface area contributed by atoms with E-state index < -0.39 is 15.6 Å². The molecule has 0 radical (unpaired) electrons. The van der Waals surface area contributed by atoms with E-state index in [2.05, 4.69) is 9.71 Å². The topological polar surface area (TPSA) is 106 Å². The van der Waals surface area contributed by atoms with Crippen LogP contribution in [0.4, 0.5) is 5.69 Å². The fraction of sp³-hybridized carbons (Fsp3) is 0.381. The molecule has 162 valence electrons. The van der Waals surface area contributed by atoms with Crippen molar-refractivity contribution in [3.05, 3.63) is 54.4 Å². The van der Waals surface area contributed by atoms with E-state index in [1.165, 1.54) is 41.6 Å². The second-order valence-corrected chi connectivity index (χ2v) is 9.46. The second kappa shape index (κ2) is 9.71. The third-order valence-corrected chi connectivity index (χ3v) is 5.38. The van der Waals surface area contributed by atoms with Gasteiger partial charge in [0.15, 0.2) is 0 Å². The first-order chi connectivity index (χ1) is 14.0. The Bertz CT molecular complexity index is 968. The molecule has 0 spiro atoms. The number of anilines is 1. The zero-order chi connectivity index (χ0) is 22.4. The van der Waals surface area contributed by atoms with Crippen molar-refractivity contribution in [2.45, 2.75) is 44.1 Å². The molecule has 2 aromatic rings. The van der Waals surface area contributed by atoms with Crippen LogP contribution in [0.1, 0.15) is 44.0 Å². The number of benzene rings is 1. The van der Waals surface area contributed by atoms with Crippen molar-refractivity contribution in [3.8, 4) is 0 Å². The maximum atomic E-state index is 12.5. The van der Waals surface area contributed by atoms with Crippen LogP contribution in [0.3, 0.4) is 0 Å². The minimum absolute atomic E-state index is 0.0449. The number of aromatic nitrogens is 1. The zero-order valence-corrected chi connectivity index (χ0v) is 18.4. The van der Waals surface area contributed by atoms with Crippen molar-refractivity contribution < 1.29 is 22.7 Å². The lowest BCUT2D eigenvalue weighted by molar-refractivity contribution is -0.154. The maximum absolute atomic E-state index is 12.5. The molecule has 0 aliphatic carbocycles. The number of carbonyl (C=O) groups is 2. The number of hydrogen-bond donors (Lipinski definition) is 1. The summed E-state index contributed by atoms with van der Waals surface area (Å²) in [6.07, 6.45) is 3.66. The summed E-state index contributed by atoms with van der Waals surface area (Å²) < 4.78 is 32.6. The zero-order valence-electron chi connectivity index (χ0n) is 17.6. The highest BCUT2D eigenvalue weighted by Crippen LogP contribution is 2.17. The summed E-state index contributed by atoms with van der Waals surface area (Å²) in [6.45, 7) is 5.78. The van der Waals surface area contributed by atoms with E-state index in [0.29, 0.717) is 24.2 Å². The average Bonchev–Trinajstić information content (AvgIpc) is 2.66. The number of esters is 1. The van der Waals surface area contributed by atoms with E-state index >= 15 is 0 Å². The standard InChI is InChI=1S/C21H27N3O5S/c1-21(2,3)29-19(25)6-5-15-24(4)20(26)16-7-9-18(10-8-16)30(27,28)23-17-11-13-22-14-12-17/h7-14H,5-6,15H2,1-4H3,(H,22,23). The van der Waals surface area contributed by atoms with Gasteiger partial charge in [0, 0.05) is 38.0 Å². The van der Waals surface area contributed by atoms with Crippen LogP contribution in [0.25, 0.3) is 0 Å². The Morgan fingerprint density at radius 3 is 2.23 bits per heavy atom. The summed E-state index contributed by atoms with van der Waals surface area (Å²) in [5.41, 5.74) is 0.222. The van der Waals surface area contributed by atoms with E-state index in [0.717, 1.165) is 0 Å². The average molecular weight is 434 g/mol. The Labute approximate surface area is 177 Å². The van der Waals surface area contributed by atoms with Crippen LogP contribution >= 0.6 is 0 Å². The van der Waals surface area contributed by atoms with Gasteiger partial charge in [-0.05, 0) is 63.6 Å².